The van der Waals surface area contributed by atoms with Crippen LogP contribution >= 0.6 is 0 Å². The van der Waals surface area contributed by atoms with Crippen molar-refractivity contribution in [3.63, 3.8) is 0 Å². The Kier molecular flexibility index (Phi) is 5.98. The van der Waals surface area contributed by atoms with Gasteiger partial charge in [-0.25, -0.2) is 18.1 Å². The summed E-state index contributed by atoms with van der Waals surface area (Å²) >= 11 is 0. The second-order valence-electron chi connectivity index (χ2n) is 5.53. The third kappa shape index (κ3) is 5.14. The van der Waals surface area contributed by atoms with Gasteiger partial charge in [-0.05, 0) is 24.3 Å². The minimum Gasteiger partial charge on any atom is -0.492 e. The maximum Gasteiger partial charge on any atom is 0.215 e. The van der Waals surface area contributed by atoms with E-state index in [1.807, 2.05) is 41.0 Å². The van der Waals surface area contributed by atoms with Crippen molar-refractivity contribution in [3.8, 4) is 17.3 Å². The number of nitrogens with zero attached hydrogens (tertiary/aromatic N) is 3. The van der Waals surface area contributed by atoms with Crippen molar-refractivity contribution in [2.75, 3.05) is 18.9 Å². The van der Waals surface area contributed by atoms with E-state index in [1.165, 1.54) is 0 Å². The number of hydrogen-bond donors (Lipinski definition) is 1. The number of sulfonamides is 1. The van der Waals surface area contributed by atoms with Crippen LogP contribution in [0.3, 0.4) is 0 Å². The van der Waals surface area contributed by atoms with E-state index in [0.717, 1.165) is 5.69 Å². The van der Waals surface area contributed by atoms with E-state index >= 15 is 0 Å². The summed E-state index contributed by atoms with van der Waals surface area (Å²) in [6.07, 6.45) is 5.17. The molecule has 2 heterocycles. The molecule has 0 fully saturated rings. The summed E-state index contributed by atoms with van der Waals surface area (Å²) in [7, 11) is -3.41. The van der Waals surface area contributed by atoms with Crippen molar-refractivity contribution < 1.29 is 13.2 Å². The second kappa shape index (κ2) is 8.59. The lowest BCUT2D eigenvalue weighted by atomic mass is 10.3. The summed E-state index contributed by atoms with van der Waals surface area (Å²) in [5.41, 5.74) is 0.747. The van der Waals surface area contributed by atoms with Gasteiger partial charge in [-0.3, -0.25) is 4.98 Å². The van der Waals surface area contributed by atoms with Crippen LogP contribution in [0, 0.1) is 0 Å². The van der Waals surface area contributed by atoms with Gasteiger partial charge in [0.2, 0.25) is 10.0 Å². The third-order valence-corrected chi connectivity index (χ3v) is 5.00. The molecule has 136 valence electrons. The summed E-state index contributed by atoms with van der Waals surface area (Å²) in [5, 5.41) is 0. The lowest BCUT2D eigenvalue weighted by Crippen LogP contribution is -2.31. The number of para-hydroxylation sites is 1. The summed E-state index contributed by atoms with van der Waals surface area (Å²) in [6.45, 7) is 0.831. The summed E-state index contributed by atoms with van der Waals surface area (Å²) in [4.78, 5) is 8.56. The number of benzene rings is 1. The van der Waals surface area contributed by atoms with E-state index in [-0.39, 0.29) is 18.9 Å². The normalized spacial score (nSPS) is 11.4. The van der Waals surface area contributed by atoms with Gasteiger partial charge < -0.3 is 9.30 Å². The molecule has 0 saturated heterocycles. The Bertz CT molecular complexity index is 912. The zero-order valence-electron chi connectivity index (χ0n) is 14.2. The minimum atomic E-state index is -3.41. The molecule has 0 amide bonds. The molecule has 26 heavy (non-hydrogen) atoms. The van der Waals surface area contributed by atoms with E-state index in [2.05, 4.69) is 14.7 Å². The highest BCUT2D eigenvalue weighted by Crippen LogP contribution is 2.13. The SMILES string of the molecule is O=S(=O)(CCOc1ccccc1)NCCn1ccnc1-c1ccccn1. The number of pyridine rings is 1. The van der Waals surface area contributed by atoms with E-state index in [0.29, 0.717) is 18.1 Å². The Hall–Kier alpha value is -2.71. The van der Waals surface area contributed by atoms with E-state index in [4.69, 9.17) is 4.74 Å². The largest absolute Gasteiger partial charge is 0.492 e. The summed E-state index contributed by atoms with van der Waals surface area (Å²) in [6, 6.07) is 14.7. The van der Waals surface area contributed by atoms with Crippen LogP contribution in [-0.4, -0.2) is 41.9 Å². The van der Waals surface area contributed by atoms with Crippen LogP contribution in [-0.2, 0) is 16.6 Å². The Morgan fingerprint density at radius 3 is 2.58 bits per heavy atom. The molecule has 2 aromatic heterocycles. The Labute approximate surface area is 152 Å². The van der Waals surface area contributed by atoms with Crippen molar-refractivity contribution in [1.29, 1.82) is 0 Å². The quantitative estimate of drug-likeness (QED) is 0.620. The summed E-state index contributed by atoms with van der Waals surface area (Å²) < 4.78 is 34.0. The average molecular weight is 372 g/mol. The Morgan fingerprint density at radius 1 is 1.00 bits per heavy atom. The van der Waals surface area contributed by atoms with E-state index < -0.39 is 10.0 Å². The van der Waals surface area contributed by atoms with Crippen LogP contribution in [0.15, 0.2) is 67.1 Å². The first kappa shape index (κ1) is 18.1. The number of nitrogens with one attached hydrogen (secondary N) is 1. The maximum atomic E-state index is 12.1. The molecule has 0 aliphatic carbocycles. The predicted octanol–water partition coefficient (Wildman–Crippen LogP) is 1.94. The lowest BCUT2D eigenvalue weighted by Gasteiger charge is -2.10. The van der Waals surface area contributed by atoms with Gasteiger partial charge in [-0.1, -0.05) is 24.3 Å². The van der Waals surface area contributed by atoms with E-state index in [9.17, 15) is 8.42 Å². The minimum absolute atomic E-state index is 0.0983. The molecule has 0 saturated carbocycles. The average Bonchev–Trinajstić information content (AvgIpc) is 3.11. The smallest absolute Gasteiger partial charge is 0.215 e. The molecule has 0 radical (unpaired) electrons. The van der Waals surface area contributed by atoms with Crippen molar-refractivity contribution in [2.45, 2.75) is 6.54 Å². The zero-order valence-corrected chi connectivity index (χ0v) is 15.0. The molecule has 0 unspecified atom stereocenters. The highest BCUT2D eigenvalue weighted by molar-refractivity contribution is 7.89. The highest BCUT2D eigenvalue weighted by Gasteiger charge is 2.11. The van der Waals surface area contributed by atoms with Crippen molar-refractivity contribution in [3.05, 3.63) is 67.1 Å². The van der Waals surface area contributed by atoms with Gasteiger partial charge in [0.25, 0.3) is 0 Å². The molecule has 0 atom stereocenters. The molecule has 0 aliphatic heterocycles. The third-order valence-electron chi connectivity index (χ3n) is 3.65. The van der Waals surface area contributed by atoms with Gasteiger partial charge in [0.05, 0.1) is 5.75 Å². The molecule has 0 bridgehead atoms. The Balaban J connectivity index is 1.48. The topological polar surface area (TPSA) is 86.1 Å². The number of aromatic nitrogens is 3. The number of ether oxygens (including phenoxy) is 1. The molecule has 1 N–H and O–H groups in total. The molecule has 0 aliphatic rings. The first-order chi connectivity index (χ1) is 12.6. The maximum absolute atomic E-state index is 12.1. The summed E-state index contributed by atoms with van der Waals surface area (Å²) in [5.74, 6) is 1.26. The van der Waals surface area contributed by atoms with Crippen molar-refractivity contribution >= 4 is 10.0 Å². The molecule has 3 aromatic rings. The van der Waals surface area contributed by atoms with Gasteiger partial charge >= 0.3 is 0 Å². The highest BCUT2D eigenvalue weighted by atomic mass is 32.2. The lowest BCUT2D eigenvalue weighted by molar-refractivity contribution is 0.340. The van der Waals surface area contributed by atoms with Gasteiger partial charge in [-0.15, -0.1) is 0 Å². The molecule has 7 nitrogen and oxygen atoms in total. The number of hydrogen-bond acceptors (Lipinski definition) is 5. The molecular formula is C18H20N4O3S. The van der Waals surface area contributed by atoms with Crippen LogP contribution in [0.25, 0.3) is 11.5 Å². The van der Waals surface area contributed by atoms with Crippen LogP contribution in [0.4, 0.5) is 0 Å². The molecule has 1 aromatic carbocycles. The van der Waals surface area contributed by atoms with Gasteiger partial charge in [-0.2, -0.15) is 0 Å². The van der Waals surface area contributed by atoms with Gasteiger partial charge in [0.1, 0.15) is 18.1 Å². The van der Waals surface area contributed by atoms with E-state index in [1.54, 1.807) is 30.7 Å². The number of rotatable bonds is 9. The van der Waals surface area contributed by atoms with Crippen molar-refractivity contribution in [2.24, 2.45) is 0 Å². The number of imidazole rings is 1. The Morgan fingerprint density at radius 2 is 1.81 bits per heavy atom. The fraction of sp³-hybridized carbons (Fsp3) is 0.222. The predicted molar refractivity (Wildman–Crippen MR) is 99.2 cm³/mol. The van der Waals surface area contributed by atoms with Gasteiger partial charge in [0.15, 0.2) is 5.82 Å². The first-order valence-electron chi connectivity index (χ1n) is 8.22. The second-order valence-corrected chi connectivity index (χ2v) is 7.46. The fourth-order valence-electron chi connectivity index (χ4n) is 2.40. The molecular weight excluding hydrogens is 352 g/mol. The molecule has 3 rings (SSSR count). The fourth-order valence-corrected chi connectivity index (χ4v) is 3.25. The molecule has 0 spiro atoms. The van der Waals surface area contributed by atoms with Crippen LogP contribution in [0.2, 0.25) is 0 Å². The van der Waals surface area contributed by atoms with Crippen LogP contribution in [0.1, 0.15) is 0 Å². The molecule has 8 heteroatoms. The van der Waals surface area contributed by atoms with Crippen LogP contribution in [0.5, 0.6) is 5.75 Å². The monoisotopic (exact) mass is 372 g/mol. The van der Waals surface area contributed by atoms with Gasteiger partial charge in [0, 0.05) is 31.7 Å². The van der Waals surface area contributed by atoms with Crippen LogP contribution < -0.4 is 9.46 Å². The zero-order chi connectivity index (χ0) is 18.2. The first-order valence-corrected chi connectivity index (χ1v) is 9.87. The standard InChI is InChI=1S/C18H20N4O3S/c23-26(24,15-14-25-16-6-2-1-3-7-16)21-11-13-22-12-10-20-18(22)17-8-4-5-9-19-17/h1-10,12,21H,11,13-15H2. The van der Waals surface area contributed by atoms with Crippen molar-refractivity contribution in [1.82, 2.24) is 19.3 Å².